The van der Waals surface area contributed by atoms with Gasteiger partial charge in [-0.2, -0.15) is 0 Å². The summed E-state index contributed by atoms with van der Waals surface area (Å²) in [5.74, 6) is 0. The average Bonchev–Trinajstić information content (AvgIpc) is 2.07. The summed E-state index contributed by atoms with van der Waals surface area (Å²) in [5.41, 5.74) is 1.36. The van der Waals surface area contributed by atoms with Gasteiger partial charge in [-0.3, -0.25) is 0 Å². The molecule has 1 aromatic rings. The smallest absolute Gasteiger partial charge is 0.00975 e. The van der Waals surface area contributed by atoms with E-state index in [4.69, 9.17) is 0 Å². The maximum Gasteiger partial charge on any atom is -0.00975 e. The van der Waals surface area contributed by atoms with Gasteiger partial charge in [0.25, 0.3) is 0 Å². The lowest BCUT2D eigenvalue weighted by Crippen LogP contribution is -1.77. The summed E-state index contributed by atoms with van der Waals surface area (Å²) >= 11 is 0. The van der Waals surface area contributed by atoms with Gasteiger partial charge in [0, 0.05) is 0 Å². The van der Waals surface area contributed by atoms with Crippen LogP contribution in [0.2, 0.25) is 0 Å². The van der Waals surface area contributed by atoms with Crippen molar-refractivity contribution in [3.8, 4) is 0 Å². The van der Waals surface area contributed by atoms with Crippen molar-refractivity contribution in [2.75, 3.05) is 0 Å². The van der Waals surface area contributed by atoms with Gasteiger partial charge in [0.1, 0.15) is 0 Å². The van der Waals surface area contributed by atoms with E-state index in [1.165, 1.54) is 5.56 Å². The molecule has 1 rings (SSSR count). The first-order valence-corrected chi connectivity index (χ1v) is 3.91. The Morgan fingerprint density at radius 2 is 1.82 bits per heavy atom. The molecule has 0 fully saturated rings. The van der Waals surface area contributed by atoms with Gasteiger partial charge in [-0.15, -0.1) is 0 Å². The average molecular weight is 145 g/mol. The van der Waals surface area contributed by atoms with Crippen molar-refractivity contribution in [3.05, 3.63) is 55.0 Å². The van der Waals surface area contributed by atoms with Crippen LogP contribution in [-0.2, 0) is 6.42 Å². The van der Waals surface area contributed by atoms with Crippen molar-refractivity contribution in [2.24, 2.45) is 0 Å². The molecule has 0 aromatic heterocycles. The van der Waals surface area contributed by atoms with E-state index >= 15 is 0 Å². The number of benzene rings is 1. The molecule has 0 nitrogen and oxygen atoms in total. The third kappa shape index (κ3) is 3.03. The van der Waals surface area contributed by atoms with E-state index in [-0.39, 0.29) is 0 Å². The lowest BCUT2D eigenvalue weighted by molar-refractivity contribution is 1.24. The zero-order valence-corrected chi connectivity index (χ0v) is 6.66. The van der Waals surface area contributed by atoms with Gasteiger partial charge in [0.15, 0.2) is 0 Å². The molecule has 0 heteroatoms. The Kier molecular flexibility index (Phi) is 3.46. The van der Waals surface area contributed by atoms with Gasteiger partial charge in [0.05, 0.1) is 0 Å². The molecular formula is C11H13. The summed E-state index contributed by atoms with van der Waals surface area (Å²) in [6.07, 6.45) is 6.15. The Labute approximate surface area is 68.6 Å². The Hall–Kier alpha value is -1.04. The van der Waals surface area contributed by atoms with E-state index in [1.807, 2.05) is 6.07 Å². The van der Waals surface area contributed by atoms with Crippen LogP contribution in [0.3, 0.4) is 0 Å². The molecular weight excluding hydrogens is 132 g/mol. The topological polar surface area (TPSA) is 0 Å². The summed E-state index contributed by atoms with van der Waals surface area (Å²) in [5, 5.41) is 0. The zero-order chi connectivity index (χ0) is 7.94. The first-order valence-electron chi connectivity index (χ1n) is 3.91. The molecule has 57 valence electrons. The second-order valence-electron chi connectivity index (χ2n) is 2.45. The highest BCUT2D eigenvalue weighted by Crippen LogP contribution is 1.99. The molecule has 0 bridgehead atoms. The van der Waals surface area contributed by atoms with Crippen LogP contribution in [0.1, 0.15) is 12.0 Å². The number of hydrogen-bond acceptors (Lipinski definition) is 0. The van der Waals surface area contributed by atoms with Gasteiger partial charge in [0.2, 0.25) is 0 Å². The summed E-state index contributed by atoms with van der Waals surface area (Å²) in [4.78, 5) is 0. The van der Waals surface area contributed by atoms with Crippen LogP contribution in [0.15, 0.2) is 42.5 Å². The second kappa shape index (κ2) is 4.73. The highest BCUT2D eigenvalue weighted by molar-refractivity contribution is 5.17. The molecule has 0 heterocycles. The summed E-state index contributed by atoms with van der Waals surface area (Å²) < 4.78 is 0. The van der Waals surface area contributed by atoms with Crippen molar-refractivity contribution in [2.45, 2.75) is 12.8 Å². The molecule has 0 unspecified atom stereocenters. The lowest BCUT2D eigenvalue weighted by atomic mass is 10.1. The Bertz CT molecular complexity index is 209. The molecule has 0 atom stereocenters. The van der Waals surface area contributed by atoms with Gasteiger partial charge in [-0.05, 0) is 25.3 Å². The van der Waals surface area contributed by atoms with Gasteiger partial charge >= 0.3 is 0 Å². The fraction of sp³-hybridized carbons (Fsp3) is 0.182. The minimum absolute atomic E-state index is 0.882. The number of rotatable bonds is 3. The van der Waals surface area contributed by atoms with Gasteiger partial charge in [-0.25, -0.2) is 0 Å². The van der Waals surface area contributed by atoms with Gasteiger partial charge < -0.3 is 0 Å². The maximum atomic E-state index is 3.73. The fourth-order valence-corrected chi connectivity index (χ4v) is 0.951. The van der Waals surface area contributed by atoms with Crippen LogP contribution >= 0.6 is 0 Å². The molecule has 1 aromatic carbocycles. The minimum Gasteiger partial charge on any atom is -0.0882 e. The van der Waals surface area contributed by atoms with Crippen molar-refractivity contribution in [1.82, 2.24) is 0 Å². The Morgan fingerprint density at radius 3 is 2.45 bits per heavy atom. The molecule has 0 aliphatic heterocycles. The normalized spacial score (nSPS) is 10.6. The first kappa shape index (κ1) is 8.06. The predicted octanol–water partition coefficient (Wildman–Crippen LogP) is 3.01. The summed E-state index contributed by atoms with van der Waals surface area (Å²) in [6, 6.07) is 10.4. The molecule has 0 saturated heterocycles. The molecule has 0 aliphatic rings. The van der Waals surface area contributed by atoms with E-state index in [9.17, 15) is 0 Å². The fourth-order valence-electron chi connectivity index (χ4n) is 0.951. The Morgan fingerprint density at radius 1 is 1.09 bits per heavy atom. The van der Waals surface area contributed by atoms with Crippen molar-refractivity contribution in [1.29, 1.82) is 0 Å². The van der Waals surface area contributed by atoms with Crippen LogP contribution < -0.4 is 0 Å². The highest BCUT2D eigenvalue weighted by Gasteiger charge is 1.83. The standard InChI is InChI=1S/C11H13/c1-2-3-5-8-11-9-6-4-7-10-11/h3-7,9-10H,1-2,8H2/b5-3+. The van der Waals surface area contributed by atoms with E-state index < -0.39 is 0 Å². The van der Waals surface area contributed by atoms with E-state index in [1.54, 1.807) is 0 Å². The van der Waals surface area contributed by atoms with Crippen LogP contribution in [0, 0.1) is 6.92 Å². The van der Waals surface area contributed by atoms with E-state index in [2.05, 4.69) is 43.3 Å². The van der Waals surface area contributed by atoms with E-state index in [0.29, 0.717) is 0 Å². The molecule has 11 heavy (non-hydrogen) atoms. The van der Waals surface area contributed by atoms with Crippen LogP contribution in [0.5, 0.6) is 0 Å². The van der Waals surface area contributed by atoms with Gasteiger partial charge in [-0.1, -0.05) is 42.5 Å². The van der Waals surface area contributed by atoms with Crippen molar-refractivity contribution in [3.63, 3.8) is 0 Å². The summed E-state index contributed by atoms with van der Waals surface area (Å²) in [7, 11) is 0. The molecule has 0 amide bonds. The van der Waals surface area contributed by atoms with Crippen LogP contribution in [0.25, 0.3) is 0 Å². The molecule has 0 spiro atoms. The molecule has 0 N–H and O–H groups in total. The number of hydrogen-bond donors (Lipinski definition) is 0. The predicted molar refractivity (Wildman–Crippen MR) is 49.3 cm³/mol. The Balaban J connectivity index is 2.45. The largest absolute Gasteiger partial charge is 0.0882 e. The SMILES string of the molecule is [CH2]C/C=C/Cc1ccccc1. The minimum atomic E-state index is 0.882. The second-order valence-corrected chi connectivity index (χ2v) is 2.45. The van der Waals surface area contributed by atoms with Crippen LogP contribution in [-0.4, -0.2) is 0 Å². The molecule has 1 radical (unpaired) electrons. The van der Waals surface area contributed by atoms with E-state index in [0.717, 1.165) is 12.8 Å². The maximum absolute atomic E-state index is 3.73. The monoisotopic (exact) mass is 145 g/mol. The highest BCUT2D eigenvalue weighted by atomic mass is 13.9. The van der Waals surface area contributed by atoms with Crippen molar-refractivity contribution < 1.29 is 0 Å². The first-order chi connectivity index (χ1) is 5.43. The molecule has 0 saturated carbocycles. The molecule has 0 aliphatic carbocycles. The summed E-state index contributed by atoms with van der Waals surface area (Å²) in [6.45, 7) is 3.73. The third-order valence-electron chi connectivity index (χ3n) is 1.53. The third-order valence-corrected chi connectivity index (χ3v) is 1.53. The zero-order valence-electron chi connectivity index (χ0n) is 6.66. The quantitative estimate of drug-likeness (QED) is 0.573. The lowest BCUT2D eigenvalue weighted by Gasteiger charge is -1.92. The van der Waals surface area contributed by atoms with Crippen LogP contribution in [0.4, 0.5) is 0 Å². The van der Waals surface area contributed by atoms with Crippen molar-refractivity contribution >= 4 is 0 Å². The number of allylic oxidation sites excluding steroid dienone is 2.